The molecule has 0 atom stereocenters. The topological polar surface area (TPSA) is 69.7 Å². The molecule has 0 aliphatic rings. The Morgan fingerprint density at radius 1 is 0.919 bits per heavy atom. The molecule has 1 N–H and O–H groups in total. The molecule has 0 unspecified atom stereocenters. The van der Waals surface area contributed by atoms with Gasteiger partial charge in [-0.15, -0.1) is 0 Å². The van der Waals surface area contributed by atoms with Crippen molar-refractivity contribution in [1.29, 1.82) is 0 Å². The average molecular weight is 554 g/mol. The Hall–Kier alpha value is -3.24. The quantitative estimate of drug-likeness (QED) is 0.349. The van der Waals surface area contributed by atoms with Gasteiger partial charge in [0.05, 0.1) is 21.2 Å². The van der Waals surface area contributed by atoms with Crippen molar-refractivity contribution in [3.05, 3.63) is 88.9 Å². The van der Waals surface area contributed by atoms with E-state index in [1.807, 2.05) is 38.1 Å². The van der Waals surface area contributed by atoms with Crippen LogP contribution < -0.4 is 14.5 Å². The van der Waals surface area contributed by atoms with Gasteiger partial charge in [-0.3, -0.25) is 9.10 Å². The van der Waals surface area contributed by atoms with Crippen LogP contribution in [-0.4, -0.2) is 34.0 Å². The standard InChI is InChI=1S/C26H27ClF3N3O3S/c1-3-32(4-2)20-12-10-19(11-13-20)17-31-25(34)18-33(37(35,36)22-8-6-5-7-9-22)21-14-15-24(27)23(16-21)26(28,29)30/h5-16H,3-4,17-18H2,1-2H3,(H,31,34). The lowest BCUT2D eigenvalue weighted by Gasteiger charge is -2.25. The number of alkyl halides is 3. The predicted octanol–water partition coefficient (Wildman–Crippen LogP) is 5.72. The summed E-state index contributed by atoms with van der Waals surface area (Å²) in [6, 6.07) is 17.4. The maximum atomic E-state index is 13.5. The highest BCUT2D eigenvalue weighted by Gasteiger charge is 2.35. The summed E-state index contributed by atoms with van der Waals surface area (Å²) in [6.45, 7) is 5.17. The molecule has 1 amide bonds. The van der Waals surface area contributed by atoms with E-state index in [1.54, 1.807) is 6.07 Å². The SMILES string of the molecule is CCN(CC)c1ccc(CNC(=O)CN(c2ccc(Cl)c(C(F)(F)F)c2)S(=O)(=O)c2ccccc2)cc1. The van der Waals surface area contributed by atoms with Crippen LogP contribution in [0.1, 0.15) is 25.0 Å². The Balaban J connectivity index is 1.86. The first kappa shape index (κ1) is 28.3. The Kier molecular flexibility index (Phi) is 9.09. The van der Waals surface area contributed by atoms with E-state index in [1.165, 1.54) is 24.3 Å². The van der Waals surface area contributed by atoms with E-state index < -0.39 is 39.2 Å². The molecule has 0 saturated heterocycles. The minimum Gasteiger partial charge on any atom is -0.372 e. The number of nitrogens with one attached hydrogen (secondary N) is 1. The maximum absolute atomic E-state index is 13.5. The first-order valence-electron chi connectivity index (χ1n) is 11.5. The number of carbonyl (C=O) groups excluding carboxylic acids is 1. The molecule has 0 aliphatic heterocycles. The van der Waals surface area contributed by atoms with Crippen molar-refractivity contribution in [2.45, 2.75) is 31.5 Å². The highest BCUT2D eigenvalue weighted by atomic mass is 35.5. The van der Waals surface area contributed by atoms with Crippen LogP contribution in [0, 0.1) is 0 Å². The molecule has 6 nitrogen and oxygen atoms in total. The zero-order valence-electron chi connectivity index (χ0n) is 20.3. The molecule has 0 heterocycles. The van der Waals surface area contributed by atoms with Gasteiger partial charge >= 0.3 is 6.18 Å². The number of halogens is 4. The number of nitrogens with zero attached hydrogens (tertiary/aromatic N) is 2. The molecule has 3 aromatic carbocycles. The Morgan fingerprint density at radius 2 is 1.51 bits per heavy atom. The summed E-state index contributed by atoms with van der Waals surface area (Å²) < 4.78 is 67.8. The number of hydrogen-bond acceptors (Lipinski definition) is 4. The molecule has 11 heteroatoms. The van der Waals surface area contributed by atoms with Crippen molar-refractivity contribution in [1.82, 2.24) is 5.32 Å². The van der Waals surface area contributed by atoms with Gasteiger partial charge in [0.25, 0.3) is 10.0 Å². The minimum atomic E-state index is -4.81. The third-order valence-corrected chi connectivity index (χ3v) is 7.83. The average Bonchev–Trinajstić information content (AvgIpc) is 2.87. The Morgan fingerprint density at radius 3 is 2.08 bits per heavy atom. The van der Waals surface area contributed by atoms with Gasteiger partial charge in [0, 0.05) is 25.3 Å². The Labute approximate surface area is 219 Å². The second kappa shape index (κ2) is 11.9. The fourth-order valence-corrected chi connectivity index (χ4v) is 5.38. The number of amides is 1. The van der Waals surface area contributed by atoms with Crippen molar-refractivity contribution in [3.8, 4) is 0 Å². The molecule has 37 heavy (non-hydrogen) atoms. The smallest absolute Gasteiger partial charge is 0.372 e. The lowest BCUT2D eigenvalue weighted by molar-refractivity contribution is -0.137. The van der Waals surface area contributed by atoms with E-state index in [4.69, 9.17) is 11.6 Å². The maximum Gasteiger partial charge on any atom is 0.417 e. The van der Waals surface area contributed by atoms with Crippen molar-refractivity contribution < 1.29 is 26.4 Å². The highest BCUT2D eigenvalue weighted by molar-refractivity contribution is 7.92. The minimum absolute atomic E-state index is 0.116. The summed E-state index contributed by atoms with van der Waals surface area (Å²) >= 11 is 5.72. The fraction of sp³-hybridized carbons (Fsp3) is 0.269. The summed E-state index contributed by atoms with van der Waals surface area (Å²) in [5.74, 6) is -0.684. The van der Waals surface area contributed by atoms with Crippen LogP contribution in [0.3, 0.4) is 0 Å². The summed E-state index contributed by atoms with van der Waals surface area (Å²) in [5.41, 5.74) is 0.281. The van der Waals surface area contributed by atoms with Gasteiger partial charge in [-0.1, -0.05) is 41.9 Å². The summed E-state index contributed by atoms with van der Waals surface area (Å²) in [4.78, 5) is 14.8. The number of hydrogen-bond donors (Lipinski definition) is 1. The van der Waals surface area contributed by atoms with Gasteiger partial charge in [-0.05, 0) is 61.9 Å². The van der Waals surface area contributed by atoms with Crippen molar-refractivity contribution in [2.24, 2.45) is 0 Å². The number of benzene rings is 3. The lowest BCUT2D eigenvalue weighted by atomic mass is 10.2. The normalized spacial score (nSPS) is 11.7. The lowest BCUT2D eigenvalue weighted by Crippen LogP contribution is -2.40. The van der Waals surface area contributed by atoms with E-state index in [9.17, 15) is 26.4 Å². The third kappa shape index (κ3) is 6.95. The van der Waals surface area contributed by atoms with Crippen LogP contribution in [-0.2, 0) is 27.5 Å². The highest BCUT2D eigenvalue weighted by Crippen LogP contribution is 2.38. The Bertz CT molecular complexity index is 1310. The fourth-order valence-electron chi connectivity index (χ4n) is 3.72. The number of rotatable bonds is 10. The molecule has 0 aliphatic carbocycles. The largest absolute Gasteiger partial charge is 0.417 e. The van der Waals surface area contributed by atoms with Gasteiger partial charge in [0.1, 0.15) is 6.54 Å². The van der Waals surface area contributed by atoms with Crippen LogP contribution in [0.2, 0.25) is 5.02 Å². The van der Waals surface area contributed by atoms with Crippen LogP contribution in [0.15, 0.2) is 77.7 Å². The van der Waals surface area contributed by atoms with Crippen LogP contribution >= 0.6 is 11.6 Å². The summed E-state index contributed by atoms with van der Waals surface area (Å²) in [7, 11) is -4.37. The molecular formula is C26H27ClF3N3O3S. The van der Waals surface area contributed by atoms with E-state index in [0.29, 0.717) is 10.4 Å². The van der Waals surface area contributed by atoms with Gasteiger partial charge in [0.2, 0.25) is 5.91 Å². The molecule has 198 valence electrons. The van der Waals surface area contributed by atoms with E-state index >= 15 is 0 Å². The number of anilines is 2. The molecule has 3 rings (SSSR count). The van der Waals surface area contributed by atoms with Crippen LogP contribution in [0.5, 0.6) is 0 Å². The first-order valence-corrected chi connectivity index (χ1v) is 13.3. The summed E-state index contributed by atoms with van der Waals surface area (Å²) in [6.07, 6.45) is -4.81. The monoisotopic (exact) mass is 553 g/mol. The second-order valence-corrected chi connectivity index (χ2v) is 10.4. The van der Waals surface area contributed by atoms with Crippen LogP contribution in [0.25, 0.3) is 0 Å². The number of carbonyl (C=O) groups is 1. The predicted molar refractivity (Wildman–Crippen MR) is 139 cm³/mol. The van der Waals surface area contributed by atoms with Gasteiger partial charge in [-0.2, -0.15) is 13.2 Å². The van der Waals surface area contributed by atoms with Crippen molar-refractivity contribution in [2.75, 3.05) is 28.8 Å². The molecule has 0 radical (unpaired) electrons. The molecule has 3 aromatic rings. The molecule has 0 aromatic heterocycles. The zero-order chi connectivity index (χ0) is 27.2. The summed E-state index contributed by atoms with van der Waals surface area (Å²) in [5, 5.41) is 2.07. The van der Waals surface area contributed by atoms with Crippen molar-refractivity contribution >= 4 is 38.9 Å². The molecule has 0 saturated carbocycles. The third-order valence-electron chi connectivity index (χ3n) is 5.72. The molecular weight excluding hydrogens is 527 g/mol. The number of sulfonamides is 1. The van der Waals surface area contributed by atoms with Gasteiger partial charge < -0.3 is 10.2 Å². The van der Waals surface area contributed by atoms with Gasteiger partial charge in [-0.25, -0.2) is 8.42 Å². The zero-order valence-corrected chi connectivity index (χ0v) is 21.9. The van der Waals surface area contributed by atoms with Gasteiger partial charge in [0.15, 0.2) is 0 Å². The van der Waals surface area contributed by atoms with E-state index in [2.05, 4.69) is 10.2 Å². The van der Waals surface area contributed by atoms with Crippen LogP contribution in [0.4, 0.5) is 24.5 Å². The first-order chi connectivity index (χ1) is 17.5. The molecule has 0 spiro atoms. The van der Waals surface area contributed by atoms with E-state index in [-0.39, 0.29) is 17.1 Å². The van der Waals surface area contributed by atoms with Crippen molar-refractivity contribution in [3.63, 3.8) is 0 Å². The molecule has 0 bridgehead atoms. The van der Waals surface area contributed by atoms with E-state index in [0.717, 1.165) is 36.5 Å². The second-order valence-electron chi connectivity index (χ2n) is 8.10. The molecule has 0 fully saturated rings.